The van der Waals surface area contributed by atoms with Crippen molar-refractivity contribution in [3.63, 3.8) is 0 Å². The minimum atomic E-state index is -0.343. The van der Waals surface area contributed by atoms with Crippen molar-refractivity contribution in [1.82, 2.24) is 5.32 Å². The summed E-state index contributed by atoms with van der Waals surface area (Å²) >= 11 is 0. The van der Waals surface area contributed by atoms with Gasteiger partial charge in [-0.2, -0.15) is 0 Å². The van der Waals surface area contributed by atoms with E-state index in [1.807, 2.05) is 0 Å². The highest BCUT2D eigenvalue weighted by Crippen LogP contribution is 2.30. The molecular weight excluding hydrogens is 144 g/mol. The SMILES string of the molecule is NC1COC2(CCNCC2)O1. The van der Waals surface area contributed by atoms with Gasteiger partial charge in [0, 0.05) is 25.9 Å². The van der Waals surface area contributed by atoms with Crippen molar-refractivity contribution < 1.29 is 9.47 Å². The van der Waals surface area contributed by atoms with Gasteiger partial charge >= 0.3 is 0 Å². The summed E-state index contributed by atoms with van der Waals surface area (Å²) in [6.07, 6.45) is 1.62. The van der Waals surface area contributed by atoms with Crippen molar-refractivity contribution in [1.29, 1.82) is 0 Å². The van der Waals surface area contributed by atoms with Crippen LogP contribution in [0, 0.1) is 0 Å². The molecule has 1 atom stereocenters. The zero-order chi connectivity index (χ0) is 7.73. The topological polar surface area (TPSA) is 56.5 Å². The number of rotatable bonds is 0. The van der Waals surface area contributed by atoms with E-state index >= 15 is 0 Å². The Balaban J connectivity index is 1.98. The van der Waals surface area contributed by atoms with Crippen molar-refractivity contribution in [3.8, 4) is 0 Å². The normalized spacial score (nSPS) is 36.3. The zero-order valence-electron chi connectivity index (χ0n) is 6.51. The van der Waals surface area contributed by atoms with Crippen molar-refractivity contribution in [3.05, 3.63) is 0 Å². The molecule has 2 heterocycles. The second-order valence-corrected chi connectivity index (χ2v) is 3.13. The molecule has 4 heteroatoms. The summed E-state index contributed by atoms with van der Waals surface area (Å²) in [6.45, 7) is 2.47. The first-order chi connectivity index (χ1) is 5.31. The lowest BCUT2D eigenvalue weighted by Gasteiger charge is -2.31. The summed E-state index contributed by atoms with van der Waals surface area (Å²) in [6, 6.07) is 0. The Kier molecular flexibility index (Phi) is 1.85. The van der Waals surface area contributed by atoms with Crippen LogP contribution >= 0.6 is 0 Å². The molecule has 64 valence electrons. The number of hydrogen-bond acceptors (Lipinski definition) is 4. The first-order valence-electron chi connectivity index (χ1n) is 4.09. The summed E-state index contributed by atoms with van der Waals surface area (Å²) < 4.78 is 11.0. The fourth-order valence-electron chi connectivity index (χ4n) is 1.65. The molecule has 3 N–H and O–H groups in total. The first kappa shape index (κ1) is 7.49. The van der Waals surface area contributed by atoms with E-state index in [2.05, 4.69) is 5.32 Å². The van der Waals surface area contributed by atoms with Crippen LogP contribution in [0.2, 0.25) is 0 Å². The van der Waals surface area contributed by atoms with Crippen LogP contribution < -0.4 is 11.1 Å². The third-order valence-corrected chi connectivity index (χ3v) is 2.24. The van der Waals surface area contributed by atoms with Crippen molar-refractivity contribution in [2.45, 2.75) is 24.9 Å². The molecule has 0 aliphatic carbocycles. The van der Waals surface area contributed by atoms with E-state index in [-0.39, 0.29) is 12.0 Å². The molecule has 0 aromatic rings. The number of nitrogens with two attached hydrogens (primary N) is 1. The van der Waals surface area contributed by atoms with E-state index < -0.39 is 0 Å². The fourth-order valence-corrected chi connectivity index (χ4v) is 1.65. The van der Waals surface area contributed by atoms with E-state index in [4.69, 9.17) is 15.2 Å². The molecule has 2 fully saturated rings. The van der Waals surface area contributed by atoms with Crippen molar-refractivity contribution in [2.75, 3.05) is 19.7 Å². The number of ether oxygens (including phenoxy) is 2. The van der Waals surface area contributed by atoms with E-state index in [0.717, 1.165) is 25.9 Å². The lowest BCUT2D eigenvalue weighted by atomic mass is 10.1. The highest BCUT2D eigenvalue weighted by atomic mass is 16.7. The molecule has 2 aliphatic heterocycles. The van der Waals surface area contributed by atoms with E-state index in [1.165, 1.54) is 0 Å². The van der Waals surface area contributed by atoms with Crippen LogP contribution in [0.25, 0.3) is 0 Å². The molecule has 0 saturated carbocycles. The van der Waals surface area contributed by atoms with Gasteiger partial charge < -0.3 is 20.5 Å². The fraction of sp³-hybridized carbons (Fsp3) is 1.00. The standard InChI is InChI=1S/C7H14N2O2/c8-6-5-10-7(11-6)1-3-9-4-2-7/h6,9H,1-5,8H2. The molecule has 2 rings (SSSR count). The summed E-state index contributed by atoms with van der Waals surface area (Å²) in [5.41, 5.74) is 5.57. The summed E-state index contributed by atoms with van der Waals surface area (Å²) in [5, 5.41) is 3.25. The highest BCUT2D eigenvalue weighted by molar-refractivity contribution is 4.82. The van der Waals surface area contributed by atoms with Crippen LogP contribution in [0.4, 0.5) is 0 Å². The van der Waals surface area contributed by atoms with Crippen LogP contribution in [0.15, 0.2) is 0 Å². The largest absolute Gasteiger partial charge is 0.346 e. The minimum Gasteiger partial charge on any atom is -0.346 e. The van der Waals surface area contributed by atoms with Gasteiger partial charge in [0.2, 0.25) is 0 Å². The van der Waals surface area contributed by atoms with E-state index in [1.54, 1.807) is 0 Å². The van der Waals surface area contributed by atoms with Gasteiger partial charge in [0.25, 0.3) is 0 Å². The Morgan fingerprint density at radius 1 is 1.36 bits per heavy atom. The molecule has 0 aromatic heterocycles. The Morgan fingerprint density at radius 2 is 2.09 bits per heavy atom. The summed E-state index contributed by atoms with van der Waals surface area (Å²) in [4.78, 5) is 0. The summed E-state index contributed by atoms with van der Waals surface area (Å²) in [5.74, 6) is -0.343. The minimum absolute atomic E-state index is 0.215. The maximum atomic E-state index is 5.57. The van der Waals surface area contributed by atoms with Crippen LogP contribution in [-0.4, -0.2) is 31.7 Å². The maximum absolute atomic E-state index is 5.57. The number of nitrogens with one attached hydrogen (secondary N) is 1. The van der Waals surface area contributed by atoms with Gasteiger partial charge in [-0.15, -0.1) is 0 Å². The van der Waals surface area contributed by atoms with Gasteiger partial charge in [0.05, 0.1) is 6.61 Å². The van der Waals surface area contributed by atoms with Crippen molar-refractivity contribution in [2.24, 2.45) is 5.73 Å². The Hall–Kier alpha value is -0.160. The Bertz CT molecular complexity index is 140. The van der Waals surface area contributed by atoms with E-state index in [0.29, 0.717) is 6.61 Å². The van der Waals surface area contributed by atoms with Gasteiger partial charge in [-0.25, -0.2) is 0 Å². The zero-order valence-corrected chi connectivity index (χ0v) is 6.51. The second-order valence-electron chi connectivity index (χ2n) is 3.13. The molecule has 2 saturated heterocycles. The molecule has 2 aliphatic rings. The van der Waals surface area contributed by atoms with Gasteiger partial charge in [0.15, 0.2) is 5.79 Å². The summed E-state index contributed by atoms with van der Waals surface area (Å²) in [7, 11) is 0. The lowest BCUT2D eigenvalue weighted by Crippen LogP contribution is -2.43. The average Bonchev–Trinajstić information content (AvgIpc) is 2.34. The van der Waals surface area contributed by atoms with Crippen molar-refractivity contribution >= 4 is 0 Å². The Labute approximate surface area is 66.0 Å². The lowest BCUT2D eigenvalue weighted by molar-refractivity contribution is -0.182. The third kappa shape index (κ3) is 1.39. The van der Waals surface area contributed by atoms with Gasteiger partial charge in [-0.1, -0.05) is 0 Å². The smallest absolute Gasteiger partial charge is 0.173 e. The average molecular weight is 158 g/mol. The first-order valence-corrected chi connectivity index (χ1v) is 4.09. The molecule has 4 nitrogen and oxygen atoms in total. The van der Waals surface area contributed by atoms with E-state index in [9.17, 15) is 0 Å². The van der Waals surface area contributed by atoms with Crippen LogP contribution in [-0.2, 0) is 9.47 Å². The quantitative estimate of drug-likeness (QED) is 0.494. The van der Waals surface area contributed by atoms with Gasteiger partial charge in [-0.05, 0) is 0 Å². The van der Waals surface area contributed by atoms with Gasteiger partial charge in [0.1, 0.15) is 6.23 Å². The third-order valence-electron chi connectivity index (χ3n) is 2.24. The predicted octanol–water partition coefficient (Wildman–Crippen LogP) is -0.602. The monoisotopic (exact) mass is 158 g/mol. The predicted molar refractivity (Wildman–Crippen MR) is 39.8 cm³/mol. The molecule has 11 heavy (non-hydrogen) atoms. The number of hydrogen-bond donors (Lipinski definition) is 2. The number of piperidine rings is 1. The van der Waals surface area contributed by atoms with Crippen LogP contribution in [0.1, 0.15) is 12.8 Å². The van der Waals surface area contributed by atoms with Crippen LogP contribution in [0.3, 0.4) is 0 Å². The molecule has 0 amide bonds. The van der Waals surface area contributed by atoms with Crippen LogP contribution in [0.5, 0.6) is 0 Å². The molecular formula is C7H14N2O2. The molecule has 0 aromatic carbocycles. The molecule has 1 unspecified atom stereocenters. The maximum Gasteiger partial charge on any atom is 0.173 e. The molecule has 0 bridgehead atoms. The van der Waals surface area contributed by atoms with Gasteiger partial charge in [-0.3, -0.25) is 0 Å². The second kappa shape index (κ2) is 2.71. The molecule has 0 radical (unpaired) electrons. The highest BCUT2D eigenvalue weighted by Gasteiger charge is 2.40. The molecule has 1 spiro atoms. The Morgan fingerprint density at radius 3 is 2.64 bits per heavy atom.